The van der Waals surface area contributed by atoms with Gasteiger partial charge in [0.25, 0.3) is 5.91 Å². The van der Waals surface area contributed by atoms with Crippen LogP contribution in [0.4, 0.5) is 0 Å². The van der Waals surface area contributed by atoms with Crippen molar-refractivity contribution in [3.05, 3.63) is 23.8 Å². The van der Waals surface area contributed by atoms with Crippen LogP contribution in [0.1, 0.15) is 39.4 Å². The summed E-state index contributed by atoms with van der Waals surface area (Å²) in [6, 6.07) is 5.12. The molecule has 1 rings (SSSR count). The van der Waals surface area contributed by atoms with Gasteiger partial charge in [-0.25, -0.2) is 0 Å². The summed E-state index contributed by atoms with van der Waals surface area (Å²) < 4.78 is 10.6. The van der Waals surface area contributed by atoms with Crippen molar-refractivity contribution in [2.45, 2.75) is 39.3 Å². The zero-order chi connectivity index (χ0) is 15.3. The van der Waals surface area contributed by atoms with E-state index in [9.17, 15) is 9.90 Å². The molecule has 0 aromatic heterocycles. The molecule has 0 aliphatic heterocycles. The fourth-order valence-corrected chi connectivity index (χ4v) is 1.71. The quantitative estimate of drug-likeness (QED) is 0.866. The van der Waals surface area contributed by atoms with E-state index < -0.39 is 6.10 Å². The smallest absolute Gasteiger partial charge is 0.258 e. The van der Waals surface area contributed by atoms with Crippen LogP contribution in [-0.2, 0) is 4.79 Å². The van der Waals surface area contributed by atoms with Gasteiger partial charge in [0.1, 0.15) is 11.5 Å². The number of nitrogens with one attached hydrogen (secondary N) is 1. The summed E-state index contributed by atoms with van der Waals surface area (Å²) in [6.07, 6.45) is -0.679. The highest BCUT2D eigenvalue weighted by Crippen LogP contribution is 2.29. The maximum absolute atomic E-state index is 11.7. The van der Waals surface area contributed by atoms with E-state index in [1.54, 1.807) is 32.2 Å². The highest BCUT2D eigenvalue weighted by Gasteiger charge is 2.16. The fourth-order valence-electron chi connectivity index (χ4n) is 1.71. The van der Waals surface area contributed by atoms with Crippen LogP contribution in [-0.4, -0.2) is 30.3 Å². The molecule has 1 aromatic rings. The van der Waals surface area contributed by atoms with Gasteiger partial charge in [0, 0.05) is 17.2 Å². The number of carbonyl (C=O) groups excluding carboxylic acids is 1. The third-order valence-electron chi connectivity index (χ3n) is 2.54. The van der Waals surface area contributed by atoms with Gasteiger partial charge in [-0.05, 0) is 39.8 Å². The summed E-state index contributed by atoms with van der Waals surface area (Å²) in [6.45, 7) is 7.24. The Bertz CT molecular complexity index is 463. The lowest BCUT2D eigenvalue weighted by Crippen LogP contribution is -2.43. The maximum atomic E-state index is 11.7. The second-order valence-electron chi connectivity index (χ2n) is 5.67. The molecule has 0 heterocycles. The van der Waals surface area contributed by atoms with Gasteiger partial charge in [-0.3, -0.25) is 4.79 Å². The summed E-state index contributed by atoms with van der Waals surface area (Å²) in [5.74, 6) is 0.848. The molecule has 2 N–H and O–H groups in total. The number of methoxy groups -OCH3 is 1. The Hall–Kier alpha value is -1.75. The molecule has 112 valence electrons. The molecule has 20 heavy (non-hydrogen) atoms. The van der Waals surface area contributed by atoms with Crippen LogP contribution in [0.2, 0.25) is 0 Å². The average molecular weight is 281 g/mol. The van der Waals surface area contributed by atoms with Gasteiger partial charge >= 0.3 is 0 Å². The Morgan fingerprint density at radius 1 is 1.40 bits per heavy atom. The number of ether oxygens (including phenoxy) is 2. The Balaban J connectivity index is 2.78. The van der Waals surface area contributed by atoms with Crippen LogP contribution >= 0.6 is 0 Å². The van der Waals surface area contributed by atoms with E-state index in [1.807, 2.05) is 20.8 Å². The van der Waals surface area contributed by atoms with Crippen LogP contribution in [0, 0.1) is 0 Å². The first kappa shape index (κ1) is 16.3. The summed E-state index contributed by atoms with van der Waals surface area (Å²) in [7, 11) is 1.55. The van der Waals surface area contributed by atoms with E-state index in [-0.39, 0.29) is 18.1 Å². The highest BCUT2D eigenvalue weighted by atomic mass is 16.5. The van der Waals surface area contributed by atoms with Crippen molar-refractivity contribution >= 4 is 5.91 Å². The first-order chi connectivity index (χ1) is 9.23. The molecule has 0 fully saturated rings. The normalized spacial score (nSPS) is 12.7. The van der Waals surface area contributed by atoms with Crippen molar-refractivity contribution in [2.75, 3.05) is 13.7 Å². The standard InChI is InChI=1S/C15H23NO4/c1-10(17)12-7-6-11(19-5)8-13(12)20-9-14(18)16-15(2,3)4/h6-8,10,17H,9H2,1-5H3,(H,16,18)/t10-/m0/s1. The summed E-state index contributed by atoms with van der Waals surface area (Å²) >= 11 is 0. The van der Waals surface area contributed by atoms with Crippen LogP contribution in [0.25, 0.3) is 0 Å². The van der Waals surface area contributed by atoms with Gasteiger partial charge in [-0.2, -0.15) is 0 Å². The maximum Gasteiger partial charge on any atom is 0.258 e. The summed E-state index contributed by atoms with van der Waals surface area (Å²) in [5.41, 5.74) is 0.316. The first-order valence-electron chi connectivity index (χ1n) is 6.53. The Morgan fingerprint density at radius 3 is 2.55 bits per heavy atom. The minimum absolute atomic E-state index is 0.107. The van der Waals surface area contributed by atoms with Crippen molar-refractivity contribution in [3.63, 3.8) is 0 Å². The van der Waals surface area contributed by atoms with Gasteiger partial charge in [0.15, 0.2) is 6.61 Å². The number of rotatable bonds is 5. The number of amides is 1. The number of hydrogen-bond acceptors (Lipinski definition) is 4. The van der Waals surface area contributed by atoms with Gasteiger partial charge < -0.3 is 19.9 Å². The van der Waals surface area contributed by atoms with E-state index in [1.165, 1.54) is 0 Å². The van der Waals surface area contributed by atoms with Crippen molar-refractivity contribution in [1.29, 1.82) is 0 Å². The molecule has 1 amide bonds. The second-order valence-corrected chi connectivity index (χ2v) is 5.67. The number of hydrogen-bond donors (Lipinski definition) is 2. The van der Waals surface area contributed by atoms with Crippen molar-refractivity contribution in [1.82, 2.24) is 5.32 Å². The number of carbonyl (C=O) groups is 1. The third kappa shape index (κ3) is 5.09. The van der Waals surface area contributed by atoms with Crippen LogP contribution < -0.4 is 14.8 Å². The predicted molar refractivity (Wildman–Crippen MR) is 77.0 cm³/mol. The highest BCUT2D eigenvalue weighted by molar-refractivity contribution is 5.78. The average Bonchev–Trinajstić information content (AvgIpc) is 2.33. The van der Waals surface area contributed by atoms with Crippen LogP contribution in [0.15, 0.2) is 18.2 Å². The zero-order valence-corrected chi connectivity index (χ0v) is 12.7. The second kappa shape index (κ2) is 6.61. The molecule has 0 radical (unpaired) electrons. The largest absolute Gasteiger partial charge is 0.497 e. The molecule has 5 heteroatoms. The zero-order valence-electron chi connectivity index (χ0n) is 12.7. The third-order valence-corrected chi connectivity index (χ3v) is 2.54. The molecule has 0 spiro atoms. The molecule has 0 bridgehead atoms. The van der Waals surface area contributed by atoms with Gasteiger partial charge in [0.05, 0.1) is 13.2 Å². The topological polar surface area (TPSA) is 67.8 Å². The van der Waals surface area contributed by atoms with Gasteiger partial charge in [0.2, 0.25) is 0 Å². The molecule has 0 aliphatic rings. The molecular formula is C15H23NO4. The Morgan fingerprint density at radius 2 is 2.05 bits per heavy atom. The molecule has 0 saturated carbocycles. The van der Waals surface area contributed by atoms with Gasteiger partial charge in [-0.15, -0.1) is 0 Å². The Labute approximate surface area is 119 Å². The molecule has 5 nitrogen and oxygen atoms in total. The predicted octanol–water partition coefficient (Wildman–Crippen LogP) is 2.04. The van der Waals surface area contributed by atoms with Crippen LogP contribution in [0.5, 0.6) is 11.5 Å². The number of aliphatic hydroxyl groups excluding tert-OH is 1. The fraction of sp³-hybridized carbons (Fsp3) is 0.533. The van der Waals surface area contributed by atoms with E-state index in [4.69, 9.17) is 9.47 Å². The molecule has 0 unspecified atom stereocenters. The van der Waals surface area contributed by atoms with E-state index in [0.717, 1.165) is 0 Å². The summed E-state index contributed by atoms with van der Waals surface area (Å²) in [5, 5.41) is 12.5. The van der Waals surface area contributed by atoms with Gasteiger partial charge in [-0.1, -0.05) is 0 Å². The van der Waals surface area contributed by atoms with Crippen molar-refractivity contribution < 1.29 is 19.4 Å². The number of benzene rings is 1. The molecule has 1 aromatic carbocycles. The first-order valence-corrected chi connectivity index (χ1v) is 6.53. The Kier molecular flexibility index (Phi) is 5.39. The number of aliphatic hydroxyl groups is 1. The van der Waals surface area contributed by atoms with E-state index >= 15 is 0 Å². The summed E-state index contributed by atoms with van der Waals surface area (Å²) in [4.78, 5) is 11.7. The lowest BCUT2D eigenvalue weighted by atomic mass is 10.1. The van der Waals surface area contributed by atoms with Crippen LogP contribution in [0.3, 0.4) is 0 Å². The van der Waals surface area contributed by atoms with Crippen molar-refractivity contribution in [3.8, 4) is 11.5 Å². The van der Waals surface area contributed by atoms with E-state index in [0.29, 0.717) is 17.1 Å². The molecule has 0 saturated heterocycles. The molecule has 0 aliphatic carbocycles. The van der Waals surface area contributed by atoms with Crippen molar-refractivity contribution in [2.24, 2.45) is 0 Å². The lowest BCUT2D eigenvalue weighted by Gasteiger charge is -2.21. The minimum Gasteiger partial charge on any atom is -0.497 e. The molecular weight excluding hydrogens is 258 g/mol. The lowest BCUT2D eigenvalue weighted by molar-refractivity contribution is -0.124. The van der Waals surface area contributed by atoms with E-state index in [2.05, 4.69) is 5.32 Å². The minimum atomic E-state index is -0.679. The molecule has 1 atom stereocenters. The monoisotopic (exact) mass is 281 g/mol. The SMILES string of the molecule is COc1ccc([C@H](C)O)c(OCC(=O)NC(C)(C)C)c1.